The summed E-state index contributed by atoms with van der Waals surface area (Å²) in [6.45, 7) is 2.40. The number of benzene rings is 2. The molecular formula is C17H20BrNO2. The van der Waals surface area contributed by atoms with Gasteiger partial charge in [-0.3, -0.25) is 0 Å². The molecule has 4 heteroatoms. The van der Waals surface area contributed by atoms with E-state index < -0.39 is 6.10 Å². The van der Waals surface area contributed by atoms with Crippen LogP contribution in [0.15, 0.2) is 46.9 Å². The summed E-state index contributed by atoms with van der Waals surface area (Å²) in [4.78, 5) is 0. The van der Waals surface area contributed by atoms with E-state index in [1.54, 1.807) is 7.11 Å². The summed E-state index contributed by atoms with van der Waals surface area (Å²) >= 11 is 3.49. The standard InChI is InChI=1S/C17H20BrNO2/c1-11-5-3-4-6-13(11)15(10-19)17(20)14-9-12(21-2)7-8-16(14)18/h3-9,15,17,20H,10,19H2,1-2H3. The van der Waals surface area contributed by atoms with E-state index in [2.05, 4.69) is 15.9 Å². The fraction of sp³-hybridized carbons (Fsp3) is 0.294. The van der Waals surface area contributed by atoms with Crippen LogP contribution in [0.1, 0.15) is 28.7 Å². The van der Waals surface area contributed by atoms with Gasteiger partial charge in [-0.25, -0.2) is 0 Å². The smallest absolute Gasteiger partial charge is 0.119 e. The van der Waals surface area contributed by atoms with E-state index >= 15 is 0 Å². The lowest BCUT2D eigenvalue weighted by atomic mass is 9.87. The summed E-state index contributed by atoms with van der Waals surface area (Å²) in [5.41, 5.74) is 8.91. The number of hydrogen-bond donors (Lipinski definition) is 2. The van der Waals surface area contributed by atoms with Crippen LogP contribution >= 0.6 is 15.9 Å². The van der Waals surface area contributed by atoms with Gasteiger partial charge in [0.1, 0.15) is 5.75 Å². The van der Waals surface area contributed by atoms with Crippen LogP contribution in [0.25, 0.3) is 0 Å². The number of nitrogens with two attached hydrogens (primary N) is 1. The van der Waals surface area contributed by atoms with E-state index in [1.807, 2.05) is 49.4 Å². The number of rotatable bonds is 5. The Labute approximate surface area is 133 Å². The van der Waals surface area contributed by atoms with Gasteiger partial charge in [0.2, 0.25) is 0 Å². The monoisotopic (exact) mass is 349 g/mol. The van der Waals surface area contributed by atoms with Crippen molar-refractivity contribution in [1.82, 2.24) is 0 Å². The maximum absolute atomic E-state index is 10.8. The third kappa shape index (κ3) is 3.46. The average Bonchev–Trinajstić information content (AvgIpc) is 2.50. The molecule has 3 N–H and O–H groups in total. The minimum absolute atomic E-state index is 0.158. The molecule has 0 spiro atoms. The third-order valence-electron chi connectivity index (χ3n) is 3.74. The third-order valence-corrected chi connectivity index (χ3v) is 4.47. The van der Waals surface area contributed by atoms with Gasteiger partial charge in [-0.1, -0.05) is 40.2 Å². The minimum atomic E-state index is -0.694. The average molecular weight is 350 g/mol. The first-order chi connectivity index (χ1) is 10.1. The molecule has 0 saturated carbocycles. The Morgan fingerprint density at radius 1 is 1.19 bits per heavy atom. The Kier molecular flexibility index (Phi) is 5.39. The normalized spacial score (nSPS) is 13.8. The van der Waals surface area contributed by atoms with Crippen LogP contribution in [0.4, 0.5) is 0 Å². The molecular weight excluding hydrogens is 330 g/mol. The number of halogens is 1. The van der Waals surface area contributed by atoms with Crippen molar-refractivity contribution in [3.8, 4) is 5.75 Å². The first kappa shape index (κ1) is 16.0. The van der Waals surface area contributed by atoms with Gasteiger partial charge >= 0.3 is 0 Å². The van der Waals surface area contributed by atoms with Gasteiger partial charge in [0, 0.05) is 16.9 Å². The Balaban J connectivity index is 2.41. The van der Waals surface area contributed by atoms with Crippen LogP contribution in [-0.2, 0) is 0 Å². The predicted octanol–water partition coefficient (Wildman–Crippen LogP) is 3.54. The second-order valence-corrected chi connectivity index (χ2v) is 5.89. The lowest BCUT2D eigenvalue weighted by molar-refractivity contribution is 0.146. The van der Waals surface area contributed by atoms with Gasteiger partial charge in [0.15, 0.2) is 0 Å². The second-order valence-electron chi connectivity index (χ2n) is 5.03. The highest BCUT2D eigenvalue weighted by atomic mass is 79.9. The van der Waals surface area contributed by atoms with Gasteiger partial charge < -0.3 is 15.6 Å². The molecule has 0 heterocycles. The maximum Gasteiger partial charge on any atom is 0.119 e. The van der Waals surface area contributed by atoms with E-state index in [9.17, 15) is 5.11 Å². The molecule has 21 heavy (non-hydrogen) atoms. The zero-order valence-corrected chi connectivity index (χ0v) is 13.8. The molecule has 0 bridgehead atoms. The van der Waals surface area contributed by atoms with Crippen LogP contribution in [0.3, 0.4) is 0 Å². The van der Waals surface area contributed by atoms with Crippen molar-refractivity contribution >= 4 is 15.9 Å². The van der Waals surface area contributed by atoms with Gasteiger partial charge in [0.05, 0.1) is 13.2 Å². The minimum Gasteiger partial charge on any atom is -0.497 e. The first-order valence-corrected chi connectivity index (χ1v) is 7.65. The van der Waals surface area contributed by atoms with Gasteiger partial charge in [-0.05, 0) is 41.8 Å². The Hall–Kier alpha value is -1.36. The quantitative estimate of drug-likeness (QED) is 0.867. The molecule has 0 aliphatic carbocycles. The van der Waals surface area contributed by atoms with Gasteiger partial charge in [0.25, 0.3) is 0 Å². The van der Waals surface area contributed by atoms with Crippen molar-refractivity contribution in [3.05, 3.63) is 63.6 Å². The molecule has 0 amide bonds. The van der Waals surface area contributed by atoms with Gasteiger partial charge in [-0.15, -0.1) is 0 Å². The molecule has 0 saturated heterocycles. The molecule has 3 nitrogen and oxygen atoms in total. The molecule has 112 valence electrons. The Morgan fingerprint density at radius 3 is 2.52 bits per heavy atom. The summed E-state index contributed by atoms with van der Waals surface area (Å²) in [6.07, 6.45) is -0.694. The Morgan fingerprint density at radius 2 is 1.90 bits per heavy atom. The SMILES string of the molecule is COc1ccc(Br)c(C(O)C(CN)c2ccccc2C)c1. The van der Waals surface area contributed by atoms with E-state index in [1.165, 1.54) is 0 Å². The predicted molar refractivity (Wildman–Crippen MR) is 88.6 cm³/mol. The molecule has 2 atom stereocenters. The van der Waals surface area contributed by atoms with Gasteiger partial charge in [-0.2, -0.15) is 0 Å². The van der Waals surface area contributed by atoms with Crippen molar-refractivity contribution in [3.63, 3.8) is 0 Å². The van der Waals surface area contributed by atoms with E-state index in [0.717, 1.165) is 21.2 Å². The fourth-order valence-electron chi connectivity index (χ4n) is 2.52. The number of aliphatic hydroxyl groups excluding tert-OH is 1. The van der Waals surface area contributed by atoms with Crippen LogP contribution in [0, 0.1) is 6.92 Å². The van der Waals surface area contributed by atoms with Crippen LogP contribution in [0.2, 0.25) is 0 Å². The molecule has 2 aromatic rings. The maximum atomic E-state index is 10.8. The van der Waals surface area contributed by atoms with Crippen LogP contribution < -0.4 is 10.5 Å². The van der Waals surface area contributed by atoms with Crippen molar-refractivity contribution in [2.24, 2.45) is 5.73 Å². The highest BCUT2D eigenvalue weighted by Crippen LogP contribution is 2.36. The number of methoxy groups -OCH3 is 1. The highest BCUT2D eigenvalue weighted by Gasteiger charge is 2.24. The van der Waals surface area contributed by atoms with Crippen molar-refractivity contribution in [2.75, 3.05) is 13.7 Å². The van der Waals surface area contributed by atoms with E-state index in [0.29, 0.717) is 12.3 Å². The number of aliphatic hydroxyl groups is 1. The van der Waals surface area contributed by atoms with Crippen molar-refractivity contribution in [2.45, 2.75) is 18.9 Å². The molecule has 0 fully saturated rings. The van der Waals surface area contributed by atoms with Crippen LogP contribution in [0.5, 0.6) is 5.75 Å². The molecule has 0 aromatic heterocycles. The van der Waals surface area contributed by atoms with E-state index in [4.69, 9.17) is 10.5 Å². The Bertz CT molecular complexity index is 615. The summed E-state index contributed by atoms with van der Waals surface area (Å²) in [6, 6.07) is 13.6. The molecule has 0 radical (unpaired) electrons. The zero-order chi connectivity index (χ0) is 15.4. The van der Waals surface area contributed by atoms with E-state index in [-0.39, 0.29) is 5.92 Å². The summed E-state index contributed by atoms with van der Waals surface area (Å²) in [5, 5.41) is 10.8. The first-order valence-electron chi connectivity index (χ1n) is 6.85. The summed E-state index contributed by atoms with van der Waals surface area (Å²) in [5.74, 6) is 0.558. The highest BCUT2D eigenvalue weighted by molar-refractivity contribution is 9.10. The summed E-state index contributed by atoms with van der Waals surface area (Å²) in [7, 11) is 1.61. The lowest BCUT2D eigenvalue weighted by Crippen LogP contribution is -2.21. The van der Waals surface area contributed by atoms with Crippen molar-refractivity contribution < 1.29 is 9.84 Å². The molecule has 2 rings (SSSR count). The van der Waals surface area contributed by atoms with Crippen LogP contribution in [-0.4, -0.2) is 18.8 Å². The lowest BCUT2D eigenvalue weighted by Gasteiger charge is -2.25. The molecule has 2 aromatic carbocycles. The van der Waals surface area contributed by atoms with Crippen molar-refractivity contribution in [1.29, 1.82) is 0 Å². The number of hydrogen-bond acceptors (Lipinski definition) is 3. The molecule has 2 unspecified atom stereocenters. The topological polar surface area (TPSA) is 55.5 Å². The largest absolute Gasteiger partial charge is 0.497 e. The zero-order valence-electron chi connectivity index (χ0n) is 12.2. The molecule has 0 aliphatic rings. The fourth-order valence-corrected chi connectivity index (χ4v) is 3.00. The molecule has 0 aliphatic heterocycles. The summed E-state index contributed by atoms with van der Waals surface area (Å²) < 4.78 is 6.09. The second kappa shape index (κ2) is 7.07. The number of aryl methyl sites for hydroxylation is 1. The number of ether oxygens (including phenoxy) is 1.